The molecule has 0 aliphatic heterocycles. The summed E-state index contributed by atoms with van der Waals surface area (Å²) in [5.41, 5.74) is 0.985. The van der Waals surface area contributed by atoms with Gasteiger partial charge in [0.05, 0.1) is 25.6 Å². The molecule has 0 saturated carbocycles. The van der Waals surface area contributed by atoms with Gasteiger partial charge in [-0.2, -0.15) is 0 Å². The van der Waals surface area contributed by atoms with Gasteiger partial charge in [-0.1, -0.05) is 6.92 Å². The normalized spacial score (nSPS) is 10.1. The van der Waals surface area contributed by atoms with Gasteiger partial charge in [-0.05, 0) is 25.1 Å². The van der Waals surface area contributed by atoms with Crippen molar-refractivity contribution in [2.24, 2.45) is 0 Å². The van der Waals surface area contributed by atoms with Crippen LogP contribution in [0, 0.1) is 0 Å². The Morgan fingerprint density at radius 2 is 2.28 bits per heavy atom. The van der Waals surface area contributed by atoms with Gasteiger partial charge in [-0.15, -0.1) is 0 Å². The molecule has 0 aliphatic rings. The zero-order valence-electron chi connectivity index (χ0n) is 10.9. The second kappa shape index (κ2) is 8.47. The summed E-state index contributed by atoms with van der Waals surface area (Å²) in [6, 6.07) is 3.82. The van der Waals surface area contributed by atoms with Crippen LogP contribution in [-0.4, -0.2) is 31.2 Å². The summed E-state index contributed by atoms with van der Waals surface area (Å²) in [5.74, 6) is 0.512. The number of esters is 1. The number of methoxy groups -OCH3 is 1. The molecule has 0 amide bonds. The van der Waals surface area contributed by atoms with E-state index in [0.29, 0.717) is 19.4 Å². The molecular formula is C13H20N2O3. The zero-order valence-corrected chi connectivity index (χ0v) is 10.9. The molecule has 1 aromatic rings. The van der Waals surface area contributed by atoms with Crippen molar-refractivity contribution in [2.75, 3.05) is 20.3 Å². The van der Waals surface area contributed by atoms with E-state index < -0.39 is 0 Å². The molecular weight excluding hydrogens is 232 g/mol. The lowest BCUT2D eigenvalue weighted by Gasteiger charge is -2.06. The summed E-state index contributed by atoms with van der Waals surface area (Å²) < 4.78 is 10.0. The molecule has 0 atom stereocenters. The summed E-state index contributed by atoms with van der Waals surface area (Å²) in [4.78, 5) is 15.1. The monoisotopic (exact) mass is 252 g/mol. The second-order valence-electron chi connectivity index (χ2n) is 3.79. The Morgan fingerprint density at radius 3 is 2.89 bits per heavy atom. The molecule has 1 N–H and O–H groups in total. The third-order valence-electron chi connectivity index (χ3n) is 2.38. The van der Waals surface area contributed by atoms with Gasteiger partial charge in [0.2, 0.25) is 0 Å². The molecule has 1 aromatic heterocycles. The van der Waals surface area contributed by atoms with Crippen molar-refractivity contribution >= 4 is 5.97 Å². The first-order chi connectivity index (χ1) is 8.76. The van der Waals surface area contributed by atoms with Gasteiger partial charge < -0.3 is 14.8 Å². The Hall–Kier alpha value is -1.62. The maximum absolute atomic E-state index is 10.9. The van der Waals surface area contributed by atoms with Crippen molar-refractivity contribution in [3.8, 4) is 5.75 Å². The fourth-order valence-electron chi connectivity index (χ4n) is 1.36. The highest BCUT2D eigenvalue weighted by atomic mass is 16.5. The summed E-state index contributed by atoms with van der Waals surface area (Å²) >= 11 is 0. The van der Waals surface area contributed by atoms with Crippen molar-refractivity contribution in [3.05, 3.63) is 24.0 Å². The number of aromatic nitrogens is 1. The van der Waals surface area contributed by atoms with Crippen LogP contribution in [0.25, 0.3) is 0 Å². The molecule has 0 aliphatic carbocycles. The van der Waals surface area contributed by atoms with Crippen molar-refractivity contribution < 1.29 is 14.3 Å². The first-order valence-electron chi connectivity index (χ1n) is 6.11. The number of nitrogens with zero attached hydrogens (tertiary/aromatic N) is 1. The van der Waals surface area contributed by atoms with Gasteiger partial charge in [0, 0.05) is 13.0 Å². The Bertz CT molecular complexity index is 352. The Morgan fingerprint density at radius 1 is 1.44 bits per heavy atom. The Labute approximate surface area is 108 Å². The van der Waals surface area contributed by atoms with E-state index >= 15 is 0 Å². The summed E-state index contributed by atoms with van der Waals surface area (Å²) in [6.45, 7) is 4.23. The zero-order chi connectivity index (χ0) is 13.2. The second-order valence-corrected chi connectivity index (χ2v) is 3.79. The fourth-order valence-corrected chi connectivity index (χ4v) is 1.36. The molecule has 0 bridgehead atoms. The molecule has 5 nitrogen and oxygen atoms in total. The number of hydrogen-bond donors (Lipinski definition) is 1. The first-order valence-corrected chi connectivity index (χ1v) is 6.11. The summed E-state index contributed by atoms with van der Waals surface area (Å²) in [7, 11) is 1.39. The van der Waals surface area contributed by atoms with Gasteiger partial charge >= 0.3 is 5.97 Å². The van der Waals surface area contributed by atoms with Gasteiger partial charge in [0.1, 0.15) is 5.75 Å². The number of hydrogen-bond acceptors (Lipinski definition) is 5. The molecule has 0 aromatic carbocycles. The SMILES string of the molecule is CCNCc1ccc(OCCCC(=O)OC)cn1. The molecule has 5 heteroatoms. The fraction of sp³-hybridized carbons (Fsp3) is 0.538. The van der Waals surface area contributed by atoms with E-state index in [1.54, 1.807) is 6.20 Å². The molecule has 0 spiro atoms. The summed E-state index contributed by atoms with van der Waals surface area (Å²) in [6.07, 6.45) is 2.72. The predicted molar refractivity (Wildman–Crippen MR) is 68.4 cm³/mol. The number of carbonyl (C=O) groups excluding carboxylic acids is 1. The maximum atomic E-state index is 10.9. The lowest BCUT2D eigenvalue weighted by molar-refractivity contribution is -0.140. The predicted octanol–water partition coefficient (Wildman–Crippen LogP) is 1.52. The van der Waals surface area contributed by atoms with Crippen molar-refractivity contribution in [1.82, 2.24) is 10.3 Å². The van der Waals surface area contributed by atoms with Gasteiger partial charge in [0.25, 0.3) is 0 Å². The number of pyridine rings is 1. The number of ether oxygens (including phenoxy) is 2. The minimum Gasteiger partial charge on any atom is -0.492 e. The van der Waals surface area contributed by atoms with E-state index in [-0.39, 0.29) is 5.97 Å². The highest BCUT2D eigenvalue weighted by Gasteiger charge is 2.00. The van der Waals surface area contributed by atoms with Crippen LogP contribution < -0.4 is 10.1 Å². The quantitative estimate of drug-likeness (QED) is 0.561. The summed E-state index contributed by atoms with van der Waals surface area (Å²) in [5, 5.41) is 3.20. The minimum atomic E-state index is -0.210. The van der Waals surface area contributed by atoms with Crippen LogP contribution in [-0.2, 0) is 16.1 Å². The topological polar surface area (TPSA) is 60.5 Å². The number of carbonyl (C=O) groups is 1. The van der Waals surface area contributed by atoms with Crippen LogP contribution in [0.3, 0.4) is 0 Å². The molecule has 0 radical (unpaired) electrons. The van der Waals surface area contributed by atoms with Gasteiger partial charge in [-0.25, -0.2) is 0 Å². The van der Waals surface area contributed by atoms with E-state index in [1.807, 2.05) is 12.1 Å². The van der Waals surface area contributed by atoms with Crippen LogP contribution in [0.2, 0.25) is 0 Å². The van der Waals surface area contributed by atoms with Crippen molar-refractivity contribution in [3.63, 3.8) is 0 Å². The molecule has 0 saturated heterocycles. The Kier molecular flexibility index (Phi) is 6.79. The van der Waals surface area contributed by atoms with Crippen LogP contribution >= 0.6 is 0 Å². The van der Waals surface area contributed by atoms with Crippen LogP contribution in [0.15, 0.2) is 18.3 Å². The molecule has 1 heterocycles. The third kappa shape index (κ3) is 5.63. The molecule has 0 fully saturated rings. The third-order valence-corrected chi connectivity index (χ3v) is 2.38. The smallest absolute Gasteiger partial charge is 0.305 e. The molecule has 0 unspecified atom stereocenters. The van der Waals surface area contributed by atoms with E-state index in [1.165, 1.54) is 7.11 Å². The van der Waals surface area contributed by atoms with Crippen molar-refractivity contribution in [2.45, 2.75) is 26.3 Å². The van der Waals surface area contributed by atoms with Crippen molar-refractivity contribution in [1.29, 1.82) is 0 Å². The molecule has 100 valence electrons. The molecule has 1 rings (SSSR count). The Balaban J connectivity index is 2.24. The van der Waals surface area contributed by atoms with E-state index in [2.05, 4.69) is 22.0 Å². The maximum Gasteiger partial charge on any atom is 0.305 e. The minimum absolute atomic E-state index is 0.210. The van der Waals surface area contributed by atoms with E-state index in [0.717, 1.165) is 24.5 Å². The van der Waals surface area contributed by atoms with Crippen LogP contribution in [0.1, 0.15) is 25.5 Å². The van der Waals surface area contributed by atoms with E-state index in [4.69, 9.17) is 4.74 Å². The average Bonchev–Trinajstić information content (AvgIpc) is 2.42. The highest BCUT2D eigenvalue weighted by molar-refractivity contribution is 5.68. The highest BCUT2D eigenvalue weighted by Crippen LogP contribution is 2.09. The lowest BCUT2D eigenvalue weighted by atomic mass is 10.3. The van der Waals surface area contributed by atoms with Crippen LogP contribution in [0.5, 0.6) is 5.75 Å². The van der Waals surface area contributed by atoms with E-state index in [9.17, 15) is 4.79 Å². The first kappa shape index (κ1) is 14.4. The average molecular weight is 252 g/mol. The molecule has 18 heavy (non-hydrogen) atoms. The van der Waals surface area contributed by atoms with Gasteiger partial charge in [-0.3, -0.25) is 9.78 Å². The largest absolute Gasteiger partial charge is 0.492 e. The lowest BCUT2D eigenvalue weighted by Crippen LogP contribution is -2.12. The standard InChI is InChI=1S/C13H20N2O3/c1-3-14-9-11-6-7-12(10-15-11)18-8-4-5-13(16)17-2/h6-7,10,14H,3-5,8-9H2,1-2H3. The van der Waals surface area contributed by atoms with Crippen LogP contribution in [0.4, 0.5) is 0 Å². The van der Waals surface area contributed by atoms with Gasteiger partial charge in [0.15, 0.2) is 0 Å². The number of rotatable bonds is 8. The number of nitrogens with one attached hydrogen (secondary N) is 1.